The minimum atomic E-state index is -0.320. The maximum Gasteiger partial charge on any atom is 0.194 e. The molecule has 0 amide bonds. The summed E-state index contributed by atoms with van der Waals surface area (Å²) in [7, 11) is 2.00. The molecule has 0 radical (unpaired) electrons. The van der Waals surface area contributed by atoms with Gasteiger partial charge < -0.3 is 10.2 Å². The van der Waals surface area contributed by atoms with Gasteiger partial charge in [0, 0.05) is 19.0 Å². The zero-order chi connectivity index (χ0) is 13.2. The van der Waals surface area contributed by atoms with E-state index in [1.807, 2.05) is 27.8 Å². The van der Waals surface area contributed by atoms with E-state index in [0.29, 0.717) is 0 Å². The largest absolute Gasteiger partial charge is 0.346 e. The van der Waals surface area contributed by atoms with E-state index in [9.17, 15) is 4.79 Å². The van der Waals surface area contributed by atoms with Crippen molar-refractivity contribution in [1.82, 2.24) is 10.2 Å². The van der Waals surface area contributed by atoms with E-state index in [-0.39, 0.29) is 23.2 Å². The normalized spacial score (nSPS) is 18.3. The molecule has 1 heterocycles. The summed E-state index contributed by atoms with van der Waals surface area (Å²) in [5.41, 5.74) is -0.320. The first-order valence-corrected chi connectivity index (χ1v) is 6.30. The lowest BCUT2D eigenvalue weighted by atomic mass is 9.82. The molecule has 4 heteroatoms. The van der Waals surface area contributed by atoms with Gasteiger partial charge in [0.05, 0.1) is 12.6 Å². The van der Waals surface area contributed by atoms with Gasteiger partial charge in [0.25, 0.3) is 0 Å². The number of guanidine groups is 1. The van der Waals surface area contributed by atoms with Crippen LogP contribution in [0.2, 0.25) is 0 Å². The van der Waals surface area contributed by atoms with Gasteiger partial charge >= 0.3 is 0 Å². The van der Waals surface area contributed by atoms with Crippen LogP contribution >= 0.6 is 0 Å². The highest BCUT2D eigenvalue weighted by Crippen LogP contribution is 2.20. The van der Waals surface area contributed by atoms with Crippen LogP contribution < -0.4 is 5.32 Å². The molecule has 0 saturated carbocycles. The Morgan fingerprint density at radius 2 is 2.00 bits per heavy atom. The van der Waals surface area contributed by atoms with Crippen LogP contribution in [0.4, 0.5) is 0 Å². The van der Waals surface area contributed by atoms with Crippen LogP contribution in [-0.4, -0.2) is 42.8 Å². The SMILES string of the molecule is CC(C)[C@H](NC1=NCCN1C)C(=O)C(C)(C)C. The third-order valence-electron chi connectivity index (χ3n) is 3.03. The minimum Gasteiger partial charge on any atom is -0.346 e. The topological polar surface area (TPSA) is 44.7 Å². The Morgan fingerprint density at radius 1 is 1.41 bits per heavy atom. The highest BCUT2D eigenvalue weighted by molar-refractivity contribution is 5.93. The number of aliphatic imine (C=N–C) groups is 1. The van der Waals surface area contributed by atoms with Crippen molar-refractivity contribution in [2.24, 2.45) is 16.3 Å². The summed E-state index contributed by atoms with van der Waals surface area (Å²) < 4.78 is 0. The molecule has 0 aromatic heterocycles. The fraction of sp³-hybridized carbons (Fsp3) is 0.846. The maximum absolute atomic E-state index is 12.4. The molecule has 0 fully saturated rings. The molecule has 98 valence electrons. The van der Waals surface area contributed by atoms with E-state index in [0.717, 1.165) is 19.0 Å². The summed E-state index contributed by atoms with van der Waals surface area (Å²) >= 11 is 0. The van der Waals surface area contributed by atoms with Gasteiger partial charge in [0.1, 0.15) is 0 Å². The maximum atomic E-state index is 12.4. The lowest BCUT2D eigenvalue weighted by Gasteiger charge is -2.30. The molecule has 0 aromatic rings. The zero-order valence-electron chi connectivity index (χ0n) is 11.9. The average molecular weight is 239 g/mol. The molecule has 0 unspecified atom stereocenters. The van der Waals surface area contributed by atoms with E-state index < -0.39 is 0 Å². The molecular weight excluding hydrogens is 214 g/mol. The van der Waals surface area contributed by atoms with Crippen LogP contribution in [0.25, 0.3) is 0 Å². The summed E-state index contributed by atoms with van der Waals surface area (Å²) in [5.74, 6) is 1.36. The average Bonchev–Trinajstić information content (AvgIpc) is 2.57. The summed E-state index contributed by atoms with van der Waals surface area (Å²) in [6, 6.07) is -0.158. The first kappa shape index (κ1) is 14.0. The molecular formula is C13H25N3O. The van der Waals surface area contributed by atoms with E-state index in [2.05, 4.69) is 29.1 Å². The van der Waals surface area contributed by atoms with Gasteiger partial charge in [-0.25, -0.2) is 0 Å². The summed E-state index contributed by atoms with van der Waals surface area (Å²) in [6.07, 6.45) is 0. The number of nitrogens with one attached hydrogen (secondary N) is 1. The van der Waals surface area contributed by atoms with Gasteiger partial charge in [-0.2, -0.15) is 0 Å². The third kappa shape index (κ3) is 3.45. The summed E-state index contributed by atoms with van der Waals surface area (Å²) in [5, 5.41) is 3.30. The van der Waals surface area contributed by atoms with Crippen molar-refractivity contribution < 1.29 is 4.79 Å². The van der Waals surface area contributed by atoms with Crippen LogP contribution in [0.5, 0.6) is 0 Å². The highest BCUT2D eigenvalue weighted by Gasteiger charge is 2.33. The van der Waals surface area contributed by atoms with Crippen LogP contribution in [0, 0.1) is 11.3 Å². The molecule has 17 heavy (non-hydrogen) atoms. The standard InChI is InChI=1S/C13H25N3O/c1-9(2)10(11(17)13(3,4)5)15-12-14-7-8-16(12)6/h9-10H,7-8H2,1-6H3,(H,14,15)/t10-/m0/s1. The lowest BCUT2D eigenvalue weighted by molar-refractivity contribution is -0.129. The van der Waals surface area contributed by atoms with E-state index in [1.54, 1.807) is 0 Å². The quantitative estimate of drug-likeness (QED) is 0.812. The van der Waals surface area contributed by atoms with Gasteiger partial charge in [-0.3, -0.25) is 9.79 Å². The predicted molar refractivity (Wildman–Crippen MR) is 71.2 cm³/mol. The Balaban J connectivity index is 2.77. The molecule has 1 rings (SSSR count). The van der Waals surface area contributed by atoms with Gasteiger partial charge in [-0.15, -0.1) is 0 Å². The number of rotatable bonds is 3. The molecule has 1 aliphatic heterocycles. The van der Waals surface area contributed by atoms with Gasteiger partial charge in [-0.05, 0) is 5.92 Å². The van der Waals surface area contributed by atoms with Crippen molar-refractivity contribution in [2.45, 2.75) is 40.7 Å². The lowest BCUT2D eigenvalue weighted by Crippen LogP contribution is -2.51. The predicted octanol–water partition coefficient (Wildman–Crippen LogP) is 1.52. The first-order chi connectivity index (χ1) is 7.73. The second kappa shape index (κ2) is 5.07. The molecule has 1 atom stereocenters. The summed E-state index contributed by atoms with van der Waals surface area (Å²) in [4.78, 5) is 18.8. The van der Waals surface area contributed by atoms with Gasteiger partial charge in [0.2, 0.25) is 0 Å². The van der Waals surface area contributed by atoms with Crippen LogP contribution in [0.3, 0.4) is 0 Å². The van der Waals surface area contributed by atoms with E-state index in [4.69, 9.17) is 0 Å². The molecule has 1 aliphatic rings. The molecule has 0 aromatic carbocycles. The number of hydrogen-bond donors (Lipinski definition) is 1. The Kier molecular flexibility index (Phi) is 4.17. The number of Topliss-reactive ketones (excluding diaryl/α,β-unsaturated/α-hetero) is 1. The minimum absolute atomic E-state index is 0.158. The Morgan fingerprint density at radius 3 is 2.35 bits per heavy atom. The van der Waals surface area contributed by atoms with Gasteiger partial charge in [-0.1, -0.05) is 34.6 Å². The second-order valence-electron chi connectivity index (χ2n) is 6.11. The van der Waals surface area contributed by atoms with Crippen molar-refractivity contribution >= 4 is 11.7 Å². The van der Waals surface area contributed by atoms with Crippen LogP contribution in [0.1, 0.15) is 34.6 Å². The Bertz CT molecular complexity index is 315. The first-order valence-electron chi connectivity index (χ1n) is 6.30. The molecule has 0 aliphatic carbocycles. The zero-order valence-corrected chi connectivity index (χ0v) is 11.9. The fourth-order valence-corrected chi connectivity index (χ4v) is 1.83. The van der Waals surface area contributed by atoms with E-state index >= 15 is 0 Å². The highest BCUT2D eigenvalue weighted by atomic mass is 16.1. The summed E-state index contributed by atoms with van der Waals surface area (Å²) in [6.45, 7) is 11.8. The van der Waals surface area contributed by atoms with Crippen molar-refractivity contribution in [3.63, 3.8) is 0 Å². The number of carbonyl (C=O) groups excluding carboxylic acids is 1. The molecule has 0 bridgehead atoms. The second-order valence-corrected chi connectivity index (χ2v) is 6.11. The fourth-order valence-electron chi connectivity index (χ4n) is 1.83. The molecule has 0 spiro atoms. The van der Waals surface area contributed by atoms with Crippen molar-refractivity contribution in [3.05, 3.63) is 0 Å². The number of hydrogen-bond acceptors (Lipinski definition) is 4. The molecule has 0 saturated heterocycles. The number of likely N-dealkylation sites (N-methyl/N-ethyl adjacent to an activating group) is 1. The molecule has 4 nitrogen and oxygen atoms in total. The number of ketones is 1. The Labute approximate surface area is 104 Å². The number of nitrogens with zero attached hydrogens (tertiary/aromatic N) is 2. The van der Waals surface area contributed by atoms with E-state index in [1.165, 1.54) is 0 Å². The van der Waals surface area contributed by atoms with Crippen LogP contribution in [-0.2, 0) is 4.79 Å². The monoisotopic (exact) mass is 239 g/mol. The van der Waals surface area contributed by atoms with Crippen molar-refractivity contribution in [3.8, 4) is 0 Å². The Hall–Kier alpha value is -1.06. The van der Waals surface area contributed by atoms with Crippen molar-refractivity contribution in [1.29, 1.82) is 0 Å². The van der Waals surface area contributed by atoms with Gasteiger partial charge in [0.15, 0.2) is 11.7 Å². The van der Waals surface area contributed by atoms with Crippen LogP contribution in [0.15, 0.2) is 4.99 Å². The third-order valence-corrected chi connectivity index (χ3v) is 3.03. The van der Waals surface area contributed by atoms with Crippen molar-refractivity contribution in [2.75, 3.05) is 20.1 Å². The molecule has 1 N–H and O–H groups in total. The number of carbonyl (C=O) groups is 1. The smallest absolute Gasteiger partial charge is 0.194 e.